The van der Waals surface area contributed by atoms with E-state index in [4.69, 9.17) is 23.2 Å². The zero-order chi connectivity index (χ0) is 14.0. The van der Waals surface area contributed by atoms with Crippen molar-refractivity contribution in [3.8, 4) is 0 Å². The molecule has 0 saturated heterocycles. The first kappa shape index (κ1) is 14.0. The molecule has 1 nitrogen and oxygen atoms in total. The van der Waals surface area contributed by atoms with Crippen molar-refractivity contribution in [1.82, 2.24) is 0 Å². The van der Waals surface area contributed by atoms with E-state index >= 15 is 0 Å². The fourth-order valence-corrected chi connectivity index (χ4v) is 2.13. The summed E-state index contributed by atoms with van der Waals surface area (Å²) in [6, 6.07) is 8.15. The molecule has 0 aliphatic rings. The first-order valence-electron chi connectivity index (χ1n) is 5.40. The number of halogens is 4. The van der Waals surface area contributed by atoms with E-state index in [1.165, 1.54) is 18.2 Å². The summed E-state index contributed by atoms with van der Waals surface area (Å²) < 4.78 is 26.5. The zero-order valence-corrected chi connectivity index (χ0v) is 11.1. The maximum absolute atomic E-state index is 13.5. The van der Waals surface area contributed by atoms with Gasteiger partial charge in [0.25, 0.3) is 0 Å². The van der Waals surface area contributed by atoms with Gasteiger partial charge in [-0.2, -0.15) is 0 Å². The molecule has 0 aliphatic heterocycles. The van der Waals surface area contributed by atoms with E-state index in [9.17, 15) is 13.6 Å². The van der Waals surface area contributed by atoms with Crippen molar-refractivity contribution in [2.45, 2.75) is 6.42 Å². The van der Waals surface area contributed by atoms with Gasteiger partial charge in [0.15, 0.2) is 17.4 Å². The first-order valence-corrected chi connectivity index (χ1v) is 6.16. The number of hydrogen-bond donors (Lipinski definition) is 0. The van der Waals surface area contributed by atoms with Crippen LogP contribution in [0.25, 0.3) is 0 Å². The van der Waals surface area contributed by atoms with E-state index < -0.39 is 17.4 Å². The molecule has 0 N–H and O–H groups in total. The number of hydrogen-bond acceptors (Lipinski definition) is 1. The Balaban J connectivity index is 2.28. The van der Waals surface area contributed by atoms with Gasteiger partial charge in [-0.05, 0) is 29.8 Å². The summed E-state index contributed by atoms with van der Waals surface area (Å²) in [5.41, 5.74) is 0.228. The summed E-state index contributed by atoms with van der Waals surface area (Å²) in [7, 11) is 0. The Morgan fingerprint density at radius 1 is 1.11 bits per heavy atom. The Bertz CT molecular complexity index is 641. The largest absolute Gasteiger partial charge is 0.294 e. The zero-order valence-electron chi connectivity index (χ0n) is 9.59. The van der Waals surface area contributed by atoms with Crippen molar-refractivity contribution in [3.63, 3.8) is 0 Å². The monoisotopic (exact) mass is 300 g/mol. The molecular weight excluding hydrogens is 293 g/mol. The van der Waals surface area contributed by atoms with E-state index in [1.54, 1.807) is 12.1 Å². The van der Waals surface area contributed by atoms with E-state index in [0.29, 0.717) is 15.6 Å². The molecule has 0 aliphatic carbocycles. The molecule has 2 aromatic rings. The smallest absolute Gasteiger partial charge is 0.170 e. The van der Waals surface area contributed by atoms with Gasteiger partial charge in [-0.1, -0.05) is 35.3 Å². The second kappa shape index (κ2) is 5.68. The van der Waals surface area contributed by atoms with Crippen LogP contribution in [-0.2, 0) is 6.42 Å². The standard InChI is InChI=1S/C14H8Cl2F2O/c15-9-5-4-8(11(16)7-9)6-13(19)10-2-1-3-12(17)14(10)18/h1-5,7H,6H2. The first-order chi connectivity index (χ1) is 8.99. The van der Waals surface area contributed by atoms with Crippen LogP contribution >= 0.6 is 23.2 Å². The molecular formula is C14H8Cl2F2O. The van der Waals surface area contributed by atoms with Crippen LogP contribution < -0.4 is 0 Å². The third-order valence-electron chi connectivity index (χ3n) is 2.62. The highest BCUT2D eigenvalue weighted by Crippen LogP contribution is 2.23. The summed E-state index contributed by atoms with van der Waals surface area (Å²) in [5.74, 6) is -2.73. The van der Waals surface area contributed by atoms with Crippen molar-refractivity contribution >= 4 is 29.0 Å². The quantitative estimate of drug-likeness (QED) is 0.751. The maximum atomic E-state index is 13.5. The van der Waals surface area contributed by atoms with Gasteiger partial charge in [-0.15, -0.1) is 0 Å². The normalized spacial score (nSPS) is 10.5. The van der Waals surface area contributed by atoms with Crippen LogP contribution in [0.15, 0.2) is 36.4 Å². The van der Waals surface area contributed by atoms with Crippen molar-refractivity contribution in [2.24, 2.45) is 0 Å². The summed E-state index contributed by atoms with van der Waals surface area (Å²) in [6.07, 6.45) is -0.115. The molecule has 0 atom stereocenters. The summed E-state index contributed by atoms with van der Waals surface area (Å²) in [6.45, 7) is 0. The molecule has 0 bridgehead atoms. The molecule has 2 rings (SSSR count). The summed E-state index contributed by atoms with van der Waals surface area (Å²) >= 11 is 11.7. The molecule has 0 heterocycles. The maximum Gasteiger partial charge on any atom is 0.170 e. The van der Waals surface area contributed by atoms with Gasteiger partial charge in [0.05, 0.1) is 5.56 Å². The van der Waals surface area contributed by atoms with Crippen LogP contribution in [0.2, 0.25) is 10.0 Å². The topological polar surface area (TPSA) is 17.1 Å². The molecule has 98 valence electrons. The van der Waals surface area contributed by atoms with E-state index in [1.807, 2.05) is 0 Å². The van der Waals surface area contributed by atoms with Gasteiger partial charge in [0.2, 0.25) is 0 Å². The number of Topliss-reactive ketones (excluding diaryl/α,β-unsaturated/α-hetero) is 1. The minimum absolute atomic E-state index is 0.115. The number of carbonyl (C=O) groups excluding carboxylic acids is 1. The molecule has 19 heavy (non-hydrogen) atoms. The lowest BCUT2D eigenvalue weighted by atomic mass is 10.0. The predicted octanol–water partition coefficient (Wildman–Crippen LogP) is 4.70. The van der Waals surface area contributed by atoms with Gasteiger partial charge in [-0.25, -0.2) is 8.78 Å². The van der Waals surface area contributed by atoms with E-state index in [-0.39, 0.29) is 12.0 Å². The number of ketones is 1. The molecule has 0 unspecified atom stereocenters. The summed E-state index contributed by atoms with van der Waals surface area (Å²) in [5, 5.41) is 0.760. The van der Waals surface area contributed by atoms with E-state index in [2.05, 4.69) is 0 Å². The average molecular weight is 301 g/mol. The Morgan fingerprint density at radius 3 is 2.53 bits per heavy atom. The van der Waals surface area contributed by atoms with E-state index in [0.717, 1.165) is 6.07 Å². The van der Waals surface area contributed by atoms with Crippen LogP contribution in [0.5, 0.6) is 0 Å². The van der Waals surface area contributed by atoms with Crippen LogP contribution in [0, 0.1) is 11.6 Å². The van der Waals surface area contributed by atoms with Crippen molar-refractivity contribution in [3.05, 3.63) is 69.2 Å². The van der Waals surface area contributed by atoms with Crippen molar-refractivity contribution in [2.75, 3.05) is 0 Å². The second-order valence-corrected chi connectivity index (χ2v) is 4.78. The lowest BCUT2D eigenvalue weighted by molar-refractivity contribution is 0.0988. The van der Waals surface area contributed by atoms with Crippen LogP contribution in [0.4, 0.5) is 8.78 Å². The Hall–Kier alpha value is -1.45. The fourth-order valence-electron chi connectivity index (χ4n) is 1.65. The molecule has 0 saturated carbocycles. The molecule has 5 heteroatoms. The third-order valence-corrected chi connectivity index (χ3v) is 3.21. The lowest BCUT2D eigenvalue weighted by Gasteiger charge is -2.05. The number of rotatable bonds is 3. The minimum Gasteiger partial charge on any atom is -0.294 e. The molecule has 0 amide bonds. The average Bonchev–Trinajstić information content (AvgIpc) is 2.36. The highest BCUT2D eigenvalue weighted by atomic mass is 35.5. The van der Waals surface area contributed by atoms with Crippen molar-refractivity contribution < 1.29 is 13.6 Å². The Labute approximate surface area is 118 Å². The highest BCUT2D eigenvalue weighted by molar-refractivity contribution is 6.35. The van der Waals surface area contributed by atoms with Crippen LogP contribution in [0.3, 0.4) is 0 Å². The Kier molecular flexibility index (Phi) is 4.17. The number of benzene rings is 2. The molecule has 0 radical (unpaired) electrons. The van der Waals surface area contributed by atoms with Crippen LogP contribution in [0.1, 0.15) is 15.9 Å². The van der Waals surface area contributed by atoms with Gasteiger partial charge < -0.3 is 0 Å². The van der Waals surface area contributed by atoms with Gasteiger partial charge in [-0.3, -0.25) is 4.79 Å². The van der Waals surface area contributed by atoms with Gasteiger partial charge in [0.1, 0.15) is 0 Å². The highest BCUT2D eigenvalue weighted by Gasteiger charge is 2.16. The molecule has 0 fully saturated rings. The number of carbonyl (C=O) groups is 1. The lowest BCUT2D eigenvalue weighted by Crippen LogP contribution is -2.07. The molecule has 0 aromatic heterocycles. The SMILES string of the molecule is O=C(Cc1ccc(Cl)cc1Cl)c1cccc(F)c1F. The predicted molar refractivity (Wildman–Crippen MR) is 70.9 cm³/mol. The molecule has 0 spiro atoms. The van der Waals surface area contributed by atoms with Gasteiger partial charge in [0, 0.05) is 16.5 Å². The second-order valence-electron chi connectivity index (χ2n) is 3.94. The third kappa shape index (κ3) is 3.11. The van der Waals surface area contributed by atoms with Crippen molar-refractivity contribution in [1.29, 1.82) is 0 Å². The van der Waals surface area contributed by atoms with Crippen LogP contribution in [-0.4, -0.2) is 5.78 Å². The molecule has 2 aromatic carbocycles. The fraction of sp³-hybridized carbons (Fsp3) is 0.0714. The Morgan fingerprint density at radius 2 is 1.84 bits per heavy atom. The van der Waals surface area contributed by atoms with Gasteiger partial charge >= 0.3 is 0 Å². The minimum atomic E-state index is -1.14. The summed E-state index contributed by atoms with van der Waals surface area (Å²) in [4.78, 5) is 11.9.